The molecule has 1 rings (SSSR count). The quantitative estimate of drug-likeness (QED) is 0.419. The summed E-state index contributed by atoms with van der Waals surface area (Å²) in [5, 5.41) is 10.7. The number of benzene rings is 1. The SMILES string of the molecule is CS(=O)(=O)Oc1ccc([N+](=O)[O-])cc1C(N)CC(N)=O. The van der Waals surface area contributed by atoms with E-state index in [2.05, 4.69) is 4.18 Å². The first-order chi connectivity index (χ1) is 9.10. The number of amides is 1. The Bertz CT molecular complexity index is 642. The van der Waals surface area contributed by atoms with Crippen molar-refractivity contribution in [3.8, 4) is 5.75 Å². The molecule has 0 fully saturated rings. The zero-order valence-corrected chi connectivity index (χ0v) is 11.3. The van der Waals surface area contributed by atoms with E-state index in [0.717, 1.165) is 24.5 Å². The number of rotatable bonds is 6. The Morgan fingerprint density at radius 2 is 2.10 bits per heavy atom. The molecule has 0 spiro atoms. The van der Waals surface area contributed by atoms with Crippen LogP contribution >= 0.6 is 0 Å². The first-order valence-corrected chi connectivity index (χ1v) is 7.13. The standard InChI is InChI=1S/C10H13N3O6S/c1-20(17,18)19-9-3-2-6(13(15)16)4-7(9)8(11)5-10(12)14/h2-4,8H,5,11H2,1H3,(H2,12,14). The number of nitro benzene ring substituents is 1. The van der Waals surface area contributed by atoms with Gasteiger partial charge in [0.15, 0.2) is 0 Å². The van der Waals surface area contributed by atoms with Crippen molar-refractivity contribution >= 4 is 21.7 Å². The summed E-state index contributed by atoms with van der Waals surface area (Å²) in [7, 11) is -3.84. The van der Waals surface area contributed by atoms with Gasteiger partial charge in [-0.15, -0.1) is 0 Å². The largest absolute Gasteiger partial charge is 0.382 e. The van der Waals surface area contributed by atoms with Crippen molar-refractivity contribution in [3.63, 3.8) is 0 Å². The molecule has 1 aromatic rings. The molecule has 0 saturated heterocycles. The Hall–Kier alpha value is -2.20. The van der Waals surface area contributed by atoms with E-state index >= 15 is 0 Å². The third-order valence-corrected chi connectivity index (χ3v) is 2.75. The first kappa shape index (κ1) is 15.9. The van der Waals surface area contributed by atoms with Gasteiger partial charge in [0.05, 0.1) is 11.2 Å². The fraction of sp³-hybridized carbons (Fsp3) is 0.300. The molecule has 1 unspecified atom stereocenters. The smallest absolute Gasteiger partial charge is 0.306 e. The number of carbonyl (C=O) groups excluding carboxylic acids is 1. The summed E-state index contributed by atoms with van der Waals surface area (Å²) in [6, 6.07) is 2.22. The molecule has 110 valence electrons. The lowest BCUT2D eigenvalue weighted by Gasteiger charge is -2.14. The maximum absolute atomic E-state index is 11.1. The summed E-state index contributed by atoms with van der Waals surface area (Å²) in [5.74, 6) is -0.902. The van der Waals surface area contributed by atoms with Crippen LogP contribution in [0.15, 0.2) is 18.2 Å². The van der Waals surface area contributed by atoms with Crippen molar-refractivity contribution in [3.05, 3.63) is 33.9 Å². The van der Waals surface area contributed by atoms with Gasteiger partial charge in [-0.05, 0) is 6.07 Å². The number of nitrogens with zero attached hydrogens (tertiary/aromatic N) is 1. The van der Waals surface area contributed by atoms with E-state index in [1.807, 2.05) is 0 Å². The predicted octanol–water partition coefficient (Wildman–Crippen LogP) is -0.192. The molecular formula is C10H13N3O6S. The van der Waals surface area contributed by atoms with Gasteiger partial charge in [0.1, 0.15) is 5.75 Å². The zero-order chi connectivity index (χ0) is 15.5. The second kappa shape index (κ2) is 5.84. The van der Waals surface area contributed by atoms with E-state index < -0.39 is 27.0 Å². The molecule has 0 heterocycles. The van der Waals surface area contributed by atoms with Crippen molar-refractivity contribution in [2.24, 2.45) is 11.5 Å². The fourth-order valence-corrected chi connectivity index (χ4v) is 1.98. The third kappa shape index (κ3) is 4.48. The van der Waals surface area contributed by atoms with Gasteiger partial charge in [-0.25, -0.2) is 0 Å². The minimum absolute atomic E-state index is 0.0171. The molecule has 1 aromatic carbocycles. The van der Waals surface area contributed by atoms with Gasteiger partial charge in [0.2, 0.25) is 5.91 Å². The molecule has 0 aromatic heterocycles. The Kier molecular flexibility index (Phi) is 4.63. The highest BCUT2D eigenvalue weighted by Gasteiger charge is 2.21. The molecule has 9 nitrogen and oxygen atoms in total. The van der Waals surface area contributed by atoms with Crippen molar-refractivity contribution in [1.29, 1.82) is 0 Å². The van der Waals surface area contributed by atoms with Crippen LogP contribution in [-0.2, 0) is 14.9 Å². The van der Waals surface area contributed by atoms with Crippen LogP contribution in [-0.4, -0.2) is 25.5 Å². The summed E-state index contributed by atoms with van der Waals surface area (Å²) in [6.45, 7) is 0. The highest BCUT2D eigenvalue weighted by Crippen LogP contribution is 2.30. The van der Waals surface area contributed by atoms with E-state index in [-0.39, 0.29) is 23.4 Å². The highest BCUT2D eigenvalue weighted by molar-refractivity contribution is 7.86. The molecular weight excluding hydrogens is 290 g/mol. The van der Waals surface area contributed by atoms with Gasteiger partial charge in [-0.3, -0.25) is 14.9 Å². The van der Waals surface area contributed by atoms with E-state index in [4.69, 9.17) is 11.5 Å². The molecule has 10 heteroatoms. The first-order valence-electron chi connectivity index (χ1n) is 5.32. The van der Waals surface area contributed by atoms with Crippen LogP contribution in [0, 0.1) is 10.1 Å². The van der Waals surface area contributed by atoms with Crippen LogP contribution in [0.2, 0.25) is 0 Å². The summed E-state index contributed by atoms with van der Waals surface area (Å²) < 4.78 is 26.9. The van der Waals surface area contributed by atoms with Gasteiger partial charge < -0.3 is 15.7 Å². The predicted molar refractivity (Wildman–Crippen MR) is 69.3 cm³/mol. The number of nitro groups is 1. The summed E-state index contributed by atoms with van der Waals surface area (Å²) in [4.78, 5) is 20.9. The average Bonchev–Trinajstić information content (AvgIpc) is 2.25. The molecule has 0 saturated carbocycles. The van der Waals surface area contributed by atoms with Crippen LogP contribution in [0.1, 0.15) is 18.0 Å². The van der Waals surface area contributed by atoms with E-state index in [1.165, 1.54) is 0 Å². The fourth-order valence-electron chi connectivity index (χ4n) is 1.50. The maximum Gasteiger partial charge on any atom is 0.306 e. The zero-order valence-electron chi connectivity index (χ0n) is 10.5. The third-order valence-electron chi connectivity index (χ3n) is 2.27. The molecule has 1 atom stereocenters. The maximum atomic E-state index is 11.1. The highest BCUT2D eigenvalue weighted by atomic mass is 32.2. The lowest BCUT2D eigenvalue weighted by atomic mass is 10.0. The second-order valence-corrected chi connectivity index (χ2v) is 5.62. The van der Waals surface area contributed by atoms with Gasteiger partial charge >= 0.3 is 10.1 Å². The van der Waals surface area contributed by atoms with Crippen molar-refractivity contribution < 1.29 is 22.3 Å². The van der Waals surface area contributed by atoms with Crippen molar-refractivity contribution in [2.45, 2.75) is 12.5 Å². The van der Waals surface area contributed by atoms with E-state index in [9.17, 15) is 23.3 Å². The number of hydrogen-bond acceptors (Lipinski definition) is 7. The van der Waals surface area contributed by atoms with E-state index in [1.54, 1.807) is 0 Å². The molecule has 4 N–H and O–H groups in total. The van der Waals surface area contributed by atoms with Gasteiger partial charge in [0.25, 0.3) is 5.69 Å². The van der Waals surface area contributed by atoms with Gasteiger partial charge in [0, 0.05) is 30.2 Å². The number of hydrogen-bond donors (Lipinski definition) is 2. The second-order valence-electron chi connectivity index (χ2n) is 4.04. The van der Waals surface area contributed by atoms with Crippen molar-refractivity contribution in [1.82, 2.24) is 0 Å². The van der Waals surface area contributed by atoms with Crippen LogP contribution in [0.25, 0.3) is 0 Å². The molecule has 0 bridgehead atoms. The minimum Gasteiger partial charge on any atom is -0.382 e. The topological polar surface area (TPSA) is 156 Å². The van der Waals surface area contributed by atoms with Crippen LogP contribution in [0.5, 0.6) is 5.75 Å². The number of nitrogens with two attached hydrogens (primary N) is 2. The average molecular weight is 303 g/mol. The van der Waals surface area contributed by atoms with Gasteiger partial charge in [-0.1, -0.05) is 0 Å². The van der Waals surface area contributed by atoms with Gasteiger partial charge in [-0.2, -0.15) is 8.42 Å². The summed E-state index contributed by atoms with van der Waals surface area (Å²) in [5.41, 5.74) is 10.4. The Morgan fingerprint density at radius 1 is 1.50 bits per heavy atom. The molecule has 0 aliphatic carbocycles. The lowest BCUT2D eigenvalue weighted by molar-refractivity contribution is -0.385. The number of non-ortho nitro benzene ring substituents is 1. The lowest BCUT2D eigenvalue weighted by Crippen LogP contribution is -2.22. The van der Waals surface area contributed by atoms with Crippen molar-refractivity contribution in [2.75, 3.05) is 6.26 Å². The Labute approximate surface area is 114 Å². The molecule has 1 amide bonds. The summed E-state index contributed by atoms with van der Waals surface area (Å²) >= 11 is 0. The number of primary amides is 1. The number of carbonyl (C=O) groups is 1. The minimum atomic E-state index is -3.84. The summed E-state index contributed by atoms with van der Waals surface area (Å²) in [6.07, 6.45) is 0.513. The van der Waals surface area contributed by atoms with Crippen LogP contribution < -0.4 is 15.7 Å². The molecule has 0 aliphatic rings. The van der Waals surface area contributed by atoms with Crippen LogP contribution in [0.4, 0.5) is 5.69 Å². The van der Waals surface area contributed by atoms with Crippen LogP contribution in [0.3, 0.4) is 0 Å². The van der Waals surface area contributed by atoms with E-state index in [0.29, 0.717) is 0 Å². The normalized spacial score (nSPS) is 12.7. The Balaban J connectivity index is 3.29. The molecule has 20 heavy (non-hydrogen) atoms. The molecule has 0 aliphatic heterocycles. The Morgan fingerprint density at radius 3 is 2.55 bits per heavy atom. The molecule has 0 radical (unpaired) electrons. The monoisotopic (exact) mass is 303 g/mol.